The molecule has 0 saturated heterocycles. The monoisotopic (exact) mass is 264 g/mol. The lowest BCUT2D eigenvalue weighted by atomic mass is 10.0. The van der Waals surface area contributed by atoms with E-state index in [2.05, 4.69) is 44.5 Å². The van der Waals surface area contributed by atoms with Gasteiger partial charge >= 0.3 is 0 Å². The van der Waals surface area contributed by atoms with Gasteiger partial charge in [0.1, 0.15) is 17.8 Å². The maximum absolute atomic E-state index is 4.35. The minimum atomic E-state index is 0.579. The van der Waals surface area contributed by atoms with Crippen molar-refractivity contribution in [2.75, 3.05) is 11.9 Å². The second-order valence-electron chi connectivity index (χ2n) is 5.28. The average molecular weight is 264 g/mol. The lowest BCUT2D eigenvalue weighted by Crippen LogP contribution is -2.11. The molecule has 1 atom stereocenters. The van der Waals surface area contributed by atoms with Crippen LogP contribution < -0.4 is 5.32 Å². The quantitative estimate of drug-likeness (QED) is 0.764. The number of hydrogen-bond acceptors (Lipinski definition) is 3. The summed E-state index contributed by atoms with van der Waals surface area (Å²) in [6.07, 6.45) is 5.90. The predicted octanol–water partition coefficient (Wildman–Crippen LogP) is 3.10. The summed E-state index contributed by atoms with van der Waals surface area (Å²) in [5.41, 5.74) is 3.86. The molecule has 0 radical (unpaired) electrons. The Morgan fingerprint density at radius 1 is 1.20 bits per heavy atom. The number of H-pyrrole nitrogens is 1. The van der Waals surface area contributed by atoms with Gasteiger partial charge in [-0.3, -0.25) is 0 Å². The number of aryl methyl sites for hydroxylation is 1. The molecule has 4 heteroatoms. The highest BCUT2D eigenvalue weighted by molar-refractivity contribution is 5.86. The predicted molar refractivity (Wildman–Crippen MR) is 79.9 cm³/mol. The van der Waals surface area contributed by atoms with Crippen LogP contribution in [0.5, 0.6) is 0 Å². The molecule has 3 aromatic rings. The second-order valence-corrected chi connectivity index (χ2v) is 5.28. The molecule has 0 saturated carbocycles. The van der Waals surface area contributed by atoms with Gasteiger partial charge < -0.3 is 10.3 Å². The van der Waals surface area contributed by atoms with E-state index in [0.717, 1.165) is 23.4 Å². The van der Waals surface area contributed by atoms with Crippen molar-refractivity contribution < 1.29 is 0 Å². The molecule has 0 bridgehead atoms. The van der Waals surface area contributed by atoms with E-state index in [1.807, 2.05) is 12.3 Å². The summed E-state index contributed by atoms with van der Waals surface area (Å²) in [5.74, 6) is 1.50. The van der Waals surface area contributed by atoms with Crippen LogP contribution >= 0.6 is 0 Å². The molecule has 1 aromatic carbocycles. The fourth-order valence-corrected chi connectivity index (χ4v) is 3.09. The number of aromatic amines is 1. The van der Waals surface area contributed by atoms with Crippen molar-refractivity contribution in [1.29, 1.82) is 0 Å². The Morgan fingerprint density at radius 3 is 3.15 bits per heavy atom. The Bertz CT molecular complexity index is 747. The van der Waals surface area contributed by atoms with Crippen molar-refractivity contribution in [1.82, 2.24) is 15.0 Å². The first kappa shape index (κ1) is 11.5. The standard InChI is InChI=1S/C16H16N4/c1-2-4-13-11(3-1)5-6-12(13)9-18-16-14-7-8-17-15(14)19-10-20-16/h1-4,7-8,10,12H,5-6,9H2,(H2,17,18,19,20). The molecule has 2 N–H and O–H groups in total. The van der Waals surface area contributed by atoms with Gasteiger partial charge in [0.2, 0.25) is 0 Å². The summed E-state index contributed by atoms with van der Waals surface area (Å²) in [6.45, 7) is 0.925. The fourth-order valence-electron chi connectivity index (χ4n) is 3.09. The van der Waals surface area contributed by atoms with Crippen LogP contribution in [0.4, 0.5) is 5.82 Å². The Balaban J connectivity index is 1.56. The van der Waals surface area contributed by atoms with Crippen molar-refractivity contribution in [3.63, 3.8) is 0 Å². The number of benzene rings is 1. The molecule has 0 spiro atoms. The highest BCUT2D eigenvalue weighted by atomic mass is 15.0. The molecule has 2 aromatic heterocycles. The third-order valence-corrected chi connectivity index (χ3v) is 4.13. The first-order valence-corrected chi connectivity index (χ1v) is 7.01. The van der Waals surface area contributed by atoms with Crippen LogP contribution in [0.3, 0.4) is 0 Å². The zero-order valence-electron chi connectivity index (χ0n) is 11.1. The van der Waals surface area contributed by atoms with Crippen molar-refractivity contribution in [3.05, 3.63) is 54.0 Å². The van der Waals surface area contributed by atoms with Gasteiger partial charge in [-0.2, -0.15) is 0 Å². The van der Waals surface area contributed by atoms with Gasteiger partial charge in [-0.05, 0) is 30.0 Å². The maximum atomic E-state index is 4.35. The molecule has 4 rings (SSSR count). The van der Waals surface area contributed by atoms with Crippen LogP contribution in [0.25, 0.3) is 11.0 Å². The molecule has 2 heterocycles. The highest BCUT2D eigenvalue weighted by Crippen LogP contribution is 2.33. The third kappa shape index (κ3) is 1.84. The van der Waals surface area contributed by atoms with E-state index in [-0.39, 0.29) is 0 Å². The van der Waals surface area contributed by atoms with Gasteiger partial charge in [-0.25, -0.2) is 9.97 Å². The lowest BCUT2D eigenvalue weighted by Gasteiger charge is -2.13. The molecule has 4 nitrogen and oxygen atoms in total. The Labute approximate surface area is 117 Å². The summed E-state index contributed by atoms with van der Waals surface area (Å²) in [4.78, 5) is 11.7. The molecule has 1 aliphatic carbocycles. The number of aromatic nitrogens is 3. The SMILES string of the molecule is c1ccc2c(c1)CCC2CNc1ncnc2[nH]ccc12. The van der Waals surface area contributed by atoms with E-state index in [1.165, 1.54) is 24.0 Å². The van der Waals surface area contributed by atoms with E-state index in [0.29, 0.717) is 5.92 Å². The normalized spacial score (nSPS) is 17.3. The minimum Gasteiger partial charge on any atom is -0.369 e. The number of fused-ring (bicyclic) bond motifs is 2. The molecule has 0 fully saturated rings. The number of anilines is 1. The Hall–Kier alpha value is -2.36. The van der Waals surface area contributed by atoms with E-state index < -0.39 is 0 Å². The van der Waals surface area contributed by atoms with E-state index in [4.69, 9.17) is 0 Å². The summed E-state index contributed by atoms with van der Waals surface area (Å²) >= 11 is 0. The van der Waals surface area contributed by atoms with Crippen molar-refractivity contribution in [2.24, 2.45) is 0 Å². The summed E-state index contributed by atoms with van der Waals surface area (Å²) in [7, 11) is 0. The van der Waals surface area contributed by atoms with Crippen LogP contribution in [0, 0.1) is 0 Å². The van der Waals surface area contributed by atoms with Gasteiger partial charge in [-0.1, -0.05) is 24.3 Å². The highest BCUT2D eigenvalue weighted by Gasteiger charge is 2.21. The smallest absolute Gasteiger partial charge is 0.142 e. The fraction of sp³-hybridized carbons (Fsp3) is 0.250. The number of nitrogens with one attached hydrogen (secondary N) is 2. The zero-order chi connectivity index (χ0) is 13.4. The molecule has 100 valence electrons. The molecule has 0 aliphatic heterocycles. The van der Waals surface area contributed by atoms with Crippen LogP contribution in [0.2, 0.25) is 0 Å². The molecule has 1 unspecified atom stereocenters. The van der Waals surface area contributed by atoms with E-state index in [1.54, 1.807) is 6.33 Å². The van der Waals surface area contributed by atoms with Gasteiger partial charge in [0.25, 0.3) is 0 Å². The van der Waals surface area contributed by atoms with Gasteiger partial charge in [0.15, 0.2) is 0 Å². The number of hydrogen-bond donors (Lipinski definition) is 2. The molecule has 20 heavy (non-hydrogen) atoms. The van der Waals surface area contributed by atoms with E-state index in [9.17, 15) is 0 Å². The summed E-state index contributed by atoms with van der Waals surface area (Å²) in [6, 6.07) is 10.8. The van der Waals surface area contributed by atoms with E-state index >= 15 is 0 Å². The second kappa shape index (κ2) is 4.63. The number of rotatable bonds is 3. The Morgan fingerprint density at radius 2 is 2.15 bits per heavy atom. The first-order valence-electron chi connectivity index (χ1n) is 7.01. The first-order chi connectivity index (χ1) is 9.92. The van der Waals surface area contributed by atoms with Gasteiger partial charge in [-0.15, -0.1) is 0 Å². The number of nitrogens with zero attached hydrogens (tertiary/aromatic N) is 2. The van der Waals surface area contributed by atoms with Gasteiger partial charge in [0, 0.05) is 18.7 Å². The molecule has 0 amide bonds. The largest absolute Gasteiger partial charge is 0.369 e. The van der Waals surface area contributed by atoms with Crippen LogP contribution in [0.15, 0.2) is 42.9 Å². The lowest BCUT2D eigenvalue weighted by molar-refractivity contribution is 0.708. The summed E-state index contributed by atoms with van der Waals surface area (Å²) in [5, 5.41) is 4.54. The van der Waals surface area contributed by atoms with Crippen molar-refractivity contribution >= 4 is 16.9 Å². The molecule has 1 aliphatic rings. The minimum absolute atomic E-state index is 0.579. The molecular formula is C16H16N4. The summed E-state index contributed by atoms with van der Waals surface area (Å²) < 4.78 is 0. The van der Waals surface area contributed by atoms with Crippen LogP contribution in [-0.2, 0) is 6.42 Å². The van der Waals surface area contributed by atoms with Gasteiger partial charge in [0.05, 0.1) is 5.39 Å². The molecular weight excluding hydrogens is 248 g/mol. The van der Waals surface area contributed by atoms with Crippen LogP contribution in [-0.4, -0.2) is 21.5 Å². The topological polar surface area (TPSA) is 53.6 Å². The average Bonchev–Trinajstić information content (AvgIpc) is 3.12. The van der Waals surface area contributed by atoms with Crippen molar-refractivity contribution in [3.8, 4) is 0 Å². The third-order valence-electron chi connectivity index (χ3n) is 4.13. The van der Waals surface area contributed by atoms with Crippen molar-refractivity contribution in [2.45, 2.75) is 18.8 Å². The zero-order valence-corrected chi connectivity index (χ0v) is 11.1. The van der Waals surface area contributed by atoms with Crippen LogP contribution in [0.1, 0.15) is 23.5 Å². The Kier molecular flexibility index (Phi) is 2.66. The maximum Gasteiger partial charge on any atom is 0.142 e.